The molecular formula is C17H9FN6. The molecule has 0 N–H and O–H groups in total. The number of aromatic nitrogens is 5. The molecule has 0 saturated heterocycles. The van der Waals surface area contributed by atoms with Crippen LogP contribution >= 0.6 is 0 Å². The predicted octanol–water partition coefficient (Wildman–Crippen LogP) is 2.86. The van der Waals surface area contributed by atoms with Gasteiger partial charge in [0.05, 0.1) is 23.3 Å². The number of halogens is 1. The van der Waals surface area contributed by atoms with Gasteiger partial charge in [0, 0.05) is 11.8 Å². The van der Waals surface area contributed by atoms with E-state index < -0.39 is 5.95 Å². The van der Waals surface area contributed by atoms with Crippen molar-refractivity contribution in [1.29, 1.82) is 5.26 Å². The fourth-order valence-corrected chi connectivity index (χ4v) is 2.45. The third kappa shape index (κ3) is 2.27. The van der Waals surface area contributed by atoms with Crippen molar-refractivity contribution in [2.24, 2.45) is 0 Å². The summed E-state index contributed by atoms with van der Waals surface area (Å²) in [5.74, 6) is -0.575. The topological polar surface area (TPSA) is 79.8 Å². The maximum Gasteiger partial charge on any atom is 0.213 e. The van der Waals surface area contributed by atoms with Gasteiger partial charge in [0.15, 0.2) is 11.3 Å². The Morgan fingerprint density at radius 3 is 2.75 bits per heavy atom. The number of hydrogen-bond donors (Lipinski definition) is 0. The highest BCUT2D eigenvalue weighted by Gasteiger charge is 2.13. The van der Waals surface area contributed by atoms with E-state index in [1.165, 1.54) is 16.8 Å². The van der Waals surface area contributed by atoms with Crippen LogP contribution in [0, 0.1) is 17.3 Å². The van der Waals surface area contributed by atoms with Crippen LogP contribution < -0.4 is 0 Å². The minimum absolute atomic E-state index is 0.334. The van der Waals surface area contributed by atoms with Gasteiger partial charge >= 0.3 is 0 Å². The SMILES string of the molecule is N#Cc1cnc2ccc(-c3cccnc3-c3cccc(F)n3)nn12. The van der Waals surface area contributed by atoms with Crippen LogP contribution in [0.4, 0.5) is 4.39 Å². The lowest BCUT2D eigenvalue weighted by Gasteiger charge is -2.08. The molecule has 0 unspecified atom stereocenters. The number of hydrogen-bond acceptors (Lipinski definition) is 5. The van der Waals surface area contributed by atoms with Gasteiger partial charge in [-0.3, -0.25) is 4.98 Å². The van der Waals surface area contributed by atoms with Crippen molar-refractivity contribution >= 4 is 5.65 Å². The minimum Gasteiger partial charge on any atom is -0.254 e. The first-order chi connectivity index (χ1) is 11.8. The molecule has 24 heavy (non-hydrogen) atoms. The molecule has 0 bridgehead atoms. The van der Waals surface area contributed by atoms with Crippen LogP contribution in [0.15, 0.2) is 54.9 Å². The Bertz CT molecular complexity index is 1100. The summed E-state index contributed by atoms with van der Waals surface area (Å²) in [6.45, 7) is 0. The monoisotopic (exact) mass is 316 g/mol. The van der Waals surface area contributed by atoms with Crippen LogP contribution in [0.2, 0.25) is 0 Å². The lowest BCUT2D eigenvalue weighted by Crippen LogP contribution is -1.99. The normalized spacial score (nSPS) is 10.7. The standard InChI is InChI=1S/C17H9FN6/c18-15-5-1-4-14(22-15)17-12(3-2-8-20-17)13-6-7-16-21-10-11(9-19)24(16)23-13/h1-8,10H. The van der Waals surface area contributed by atoms with Crippen molar-refractivity contribution in [3.63, 3.8) is 0 Å². The molecule has 0 aromatic carbocycles. The van der Waals surface area contributed by atoms with E-state index in [0.29, 0.717) is 34.0 Å². The van der Waals surface area contributed by atoms with Crippen molar-refractivity contribution in [3.05, 3.63) is 66.5 Å². The van der Waals surface area contributed by atoms with Gasteiger partial charge in [0.1, 0.15) is 6.07 Å². The molecule has 0 aliphatic heterocycles. The van der Waals surface area contributed by atoms with Crippen LogP contribution in [0.5, 0.6) is 0 Å². The van der Waals surface area contributed by atoms with Gasteiger partial charge in [-0.05, 0) is 36.4 Å². The van der Waals surface area contributed by atoms with Crippen LogP contribution in [0.25, 0.3) is 28.3 Å². The molecule has 4 rings (SSSR count). The van der Waals surface area contributed by atoms with Crippen LogP contribution in [0.1, 0.15) is 5.69 Å². The second-order valence-electron chi connectivity index (χ2n) is 4.99. The summed E-state index contributed by atoms with van der Waals surface area (Å²) in [7, 11) is 0. The number of rotatable bonds is 2. The molecule has 0 fully saturated rings. The lowest BCUT2D eigenvalue weighted by atomic mass is 10.1. The quantitative estimate of drug-likeness (QED) is 0.531. The first-order valence-electron chi connectivity index (χ1n) is 7.09. The van der Waals surface area contributed by atoms with Gasteiger partial charge in [-0.1, -0.05) is 6.07 Å². The Morgan fingerprint density at radius 1 is 1.00 bits per heavy atom. The predicted molar refractivity (Wildman–Crippen MR) is 84.1 cm³/mol. The van der Waals surface area contributed by atoms with Crippen molar-refractivity contribution in [2.45, 2.75) is 0 Å². The van der Waals surface area contributed by atoms with Crippen LogP contribution in [-0.2, 0) is 0 Å². The Labute approximate surface area is 135 Å². The molecule has 4 heterocycles. The highest BCUT2D eigenvalue weighted by molar-refractivity contribution is 5.77. The maximum absolute atomic E-state index is 13.4. The molecule has 0 aliphatic carbocycles. The zero-order chi connectivity index (χ0) is 16.5. The molecule has 7 heteroatoms. The van der Waals surface area contributed by atoms with Crippen molar-refractivity contribution in [1.82, 2.24) is 24.6 Å². The highest BCUT2D eigenvalue weighted by Crippen LogP contribution is 2.28. The van der Waals surface area contributed by atoms with E-state index in [9.17, 15) is 4.39 Å². The summed E-state index contributed by atoms with van der Waals surface area (Å²) in [6.07, 6.45) is 3.08. The van der Waals surface area contributed by atoms with E-state index in [1.54, 1.807) is 36.5 Å². The van der Waals surface area contributed by atoms with Gasteiger partial charge in [0.25, 0.3) is 0 Å². The van der Waals surface area contributed by atoms with Crippen LogP contribution in [-0.4, -0.2) is 24.6 Å². The number of nitrogens with zero attached hydrogens (tertiary/aromatic N) is 6. The molecule has 114 valence electrons. The second kappa shape index (κ2) is 5.52. The number of nitriles is 1. The molecule has 6 nitrogen and oxygen atoms in total. The highest BCUT2D eigenvalue weighted by atomic mass is 19.1. The fraction of sp³-hybridized carbons (Fsp3) is 0. The molecule has 0 amide bonds. The number of fused-ring (bicyclic) bond motifs is 1. The van der Waals surface area contributed by atoms with Gasteiger partial charge in [-0.15, -0.1) is 0 Å². The van der Waals surface area contributed by atoms with Crippen molar-refractivity contribution < 1.29 is 4.39 Å². The third-order valence-electron chi connectivity index (χ3n) is 3.52. The average Bonchev–Trinajstić information content (AvgIpc) is 3.04. The van der Waals surface area contributed by atoms with E-state index in [1.807, 2.05) is 12.1 Å². The zero-order valence-electron chi connectivity index (χ0n) is 12.3. The molecule has 0 aliphatic rings. The summed E-state index contributed by atoms with van der Waals surface area (Å²) in [5.41, 5.74) is 3.12. The largest absolute Gasteiger partial charge is 0.254 e. The van der Waals surface area contributed by atoms with E-state index >= 15 is 0 Å². The fourth-order valence-electron chi connectivity index (χ4n) is 2.45. The Balaban J connectivity index is 1.93. The number of pyridine rings is 2. The second-order valence-corrected chi connectivity index (χ2v) is 4.99. The maximum atomic E-state index is 13.4. The summed E-state index contributed by atoms with van der Waals surface area (Å²) < 4.78 is 14.9. The Hall–Kier alpha value is -3.66. The first-order valence-corrected chi connectivity index (χ1v) is 7.09. The smallest absolute Gasteiger partial charge is 0.213 e. The van der Waals surface area contributed by atoms with E-state index in [-0.39, 0.29) is 0 Å². The van der Waals surface area contributed by atoms with E-state index in [2.05, 4.69) is 20.1 Å². The molecule has 0 atom stereocenters. The average molecular weight is 316 g/mol. The molecule has 4 aromatic heterocycles. The van der Waals surface area contributed by atoms with Gasteiger partial charge in [-0.2, -0.15) is 14.8 Å². The Kier molecular flexibility index (Phi) is 3.21. The van der Waals surface area contributed by atoms with Gasteiger partial charge in [-0.25, -0.2) is 14.5 Å². The zero-order valence-corrected chi connectivity index (χ0v) is 12.3. The number of imidazole rings is 1. The first kappa shape index (κ1) is 14.0. The van der Waals surface area contributed by atoms with Gasteiger partial charge < -0.3 is 0 Å². The third-order valence-corrected chi connectivity index (χ3v) is 3.52. The Morgan fingerprint density at radius 2 is 1.92 bits per heavy atom. The molecule has 4 aromatic rings. The molecule has 0 radical (unpaired) electrons. The molecule has 0 saturated carbocycles. The lowest BCUT2D eigenvalue weighted by molar-refractivity contribution is 0.585. The summed E-state index contributed by atoms with van der Waals surface area (Å²) in [6, 6.07) is 13.7. The van der Waals surface area contributed by atoms with Gasteiger partial charge in [0.2, 0.25) is 5.95 Å². The van der Waals surface area contributed by atoms with E-state index in [4.69, 9.17) is 5.26 Å². The summed E-state index contributed by atoms with van der Waals surface area (Å²) in [5, 5.41) is 13.6. The minimum atomic E-state index is -0.575. The summed E-state index contributed by atoms with van der Waals surface area (Å²) >= 11 is 0. The molecule has 0 spiro atoms. The molecular weight excluding hydrogens is 307 g/mol. The van der Waals surface area contributed by atoms with Crippen molar-refractivity contribution in [2.75, 3.05) is 0 Å². The van der Waals surface area contributed by atoms with E-state index in [0.717, 1.165) is 0 Å². The summed E-state index contributed by atoms with van der Waals surface area (Å²) in [4.78, 5) is 12.3. The van der Waals surface area contributed by atoms with Crippen LogP contribution in [0.3, 0.4) is 0 Å². The van der Waals surface area contributed by atoms with Crippen molar-refractivity contribution in [3.8, 4) is 28.7 Å².